The monoisotopic (exact) mass is 419 g/mol. The Morgan fingerprint density at radius 1 is 1.13 bits per heavy atom. The molecule has 1 aliphatic heterocycles. The highest BCUT2D eigenvalue weighted by molar-refractivity contribution is 7.11. The van der Waals surface area contributed by atoms with Gasteiger partial charge in [0.2, 0.25) is 5.91 Å². The first-order valence-electron chi connectivity index (χ1n) is 9.44. The molecule has 0 unspecified atom stereocenters. The molecule has 3 aromatic rings. The number of terminal acetylenes is 1. The van der Waals surface area contributed by atoms with E-state index in [0.29, 0.717) is 17.9 Å². The fourth-order valence-electron chi connectivity index (χ4n) is 3.62. The Kier molecular flexibility index (Phi) is 5.64. The molecule has 0 spiro atoms. The molecular formula is C24H21NO4S. The van der Waals surface area contributed by atoms with Crippen LogP contribution in [0.1, 0.15) is 22.8 Å². The van der Waals surface area contributed by atoms with Crippen molar-refractivity contribution >= 4 is 22.9 Å². The van der Waals surface area contributed by atoms with Gasteiger partial charge in [-0.1, -0.05) is 24.1 Å². The zero-order valence-corrected chi connectivity index (χ0v) is 17.5. The third-order valence-electron chi connectivity index (χ3n) is 5.09. The van der Waals surface area contributed by atoms with Crippen molar-refractivity contribution in [3.05, 3.63) is 58.3 Å². The maximum absolute atomic E-state index is 12.5. The van der Waals surface area contributed by atoms with Crippen LogP contribution < -0.4 is 19.5 Å². The van der Waals surface area contributed by atoms with Gasteiger partial charge in [0.1, 0.15) is 12.4 Å². The molecule has 152 valence electrons. The van der Waals surface area contributed by atoms with Crippen LogP contribution >= 0.6 is 11.3 Å². The van der Waals surface area contributed by atoms with Crippen LogP contribution in [-0.4, -0.2) is 26.7 Å². The van der Waals surface area contributed by atoms with Crippen LogP contribution in [0.15, 0.2) is 47.8 Å². The predicted octanol–water partition coefficient (Wildman–Crippen LogP) is 4.92. The van der Waals surface area contributed by atoms with E-state index in [-0.39, 0.29) is 18.4 Å². The maximum Gasteiger partial charge on any atom is 0.225 e. The van der Waals surface area contributed by atoms with Gasteiger partial charge < -0.3 is 19.5 Å². The third kappa shape index (κ3) is 3.72. The molecule has 1 amide bonds. The number of rotatable bonds is 6. The quantitative estimate of drug-likeness (QED) is 0.577. The Morgan fingerprint density at radius 3 is 2.63 bits per heavy atom. The van der Waals surface area contributed by atoms with Gasteiger partial charge in [0, 0.05) is 28.2 Å². The highest BCUT2D eigenvalue weighted by Crippen LogP contribution is 2.47. The van der Waals surface area contributed by atoms with Crippen LogP contribution in [0.2, 0.25) is 0 Å². The molecule has 1 N–H and O–H groups in total. The molecule has 4 rings (SSSR count). The molecule has 0 saturated carbocycles. The standard InChI is InChI=1S/C24H21NO4S/c1-4-11-29-20-10-7-16(12-21(20)28-3)18-13-22(26)25-23-19(14-30-24(18)23)15-5-8-17(27-2)9-6-15/h1,5-10,12,14,18H,11,13H2,2-3H3,(H,25,26)/t18-/m1/s1. The topological polar surface area (TPSA) is 56.8 Å². The summed E-state index contributed by atoms with van der Waals surface area (Å²) >= 11 is 1.65. The minimum Gasteiger partial charge on any atom is -0.497 e. The average Bonchev–Trinajstić information content (AvgIpc) is 3.20. The Hall–Kier alpha value is -3.43. The van der Waals surface area contributed by atoms with Crippen LogP contribution in [0, 0.1) is 12.3 Å². The number of carbonyl (C=O) groups excluding carboxylic acids is 1. The van der Waals surface area contributed by atoms with Gasteiger partial charge in [-0.2, -0.15) is 0 Å². The molecule has 30 heavy (non-hydrogen) atoms. The molecule has 2 heterocycles. The summed E-state index contributed by atoms with van der Waals surface area (Å²) < 4.78 is 16.3. The third-order valence-corrected chi connectivity index (χ3v) is 6.19. The summed E-state index contributed by atoms with van der Waals surface area (Å²) in [5, 5.41) is 5.16. The van der Waals surface area contributed by atoms with Gasteiger partial charge in [0.05, 0.1) is 19.9 Å². The lowest BCUT2D eigenvalue weighted by atomic mass is 9.89. The van der Waals surface area contributed by atoms with Crippen LogP contribution in [0.25, 0.3) is 11.1 Å². The molecule has 2 aromatic carbocycles. The Morgan fingerprint density at radius 2 is 1.93 bits per heavy atom. The SMILES string of the molecule is C#CCOc1ccc([C@H]2CC(=O)Nc3c(-c4ccc(OC)cc4)csc32)cc1OC. The molecule has 0 aliphatic carbocycles. The number of benzene rings is 2. The molecule has 1 aromatic heterocycles. The highest BCUT2D eigenvalue weighted by atomic mass is 32.1. The Bertz CT molecular complexity index is 1110. The molecule has 0 radical (unpaired) electrons. The van der Waals surface area contributed by atoms with Crippen LogP contribution in [0.3, 0.4) is 0 Å². The second-order valence-electron chi connectivity index (χ2n) is 6.83. The number of ether oxygens (including phenoxy) is 3. The van der Waals surface area contributed by atoms with Gasteiger partial charge in [-0.15, -0.1) is 17.8 Å². The van der Waals surface area contributed by atoms with Gasteiger partial charge in [-0.3, -0.25) is 4.79 Å². The van der Waals surface area contributed by atoms with Crippen molar-refractivity contribution in [1.29, 1.82) is 0 Å². The first kappa shape index (κ1) is 19.9. The fraction of sp³-hybridized carbons (Fsp3) is 0.208. The van der Waals surface area contributed by atoms with Gasteiger partial charge >= 0.3 is 0 Å². The molecular weight excluding hydrogens is 398 g/mol. The zero-order chi connectivity index (χ0) is 21.1. The number of thiophene rings is 1. The van der Waals surface area contributed by atoms with E-state index >= 15 is 0 Å². The first-order valence-corrected chi connectivity index (χ1v) is 10.3. The average molecular weight is 420 g/mol. The van der Waals surface area contributed by atoms with Crippen molar-refractivity contribution in [3.8, 4) is 40.7 Å². The van der Waals surface area contributed by atoms with Crippen molar-refractivity contribution in [3.63, 3.8) is 0 Å². The lowest BCUT2D eigenvalue weighted by Crippen LogP contribution is -2.22. The number of nitrogens with one attached hydrogen (secondary N) is 1. The Labute approximate surface area is 179 Å². The molecule has 0 bridgehead atoms. The summed E-state index contributed by atoms with van der Waals surface area (Å²) in [6.45, 7) is 0.168. The molecule has 0 fully saturated rings. The van der Waals surface area contributed by atoms with Crippen LogP contribution in [0.5, 0.6) is 17.2 Å². The summed E-state index contributed by atoms with van der Waals surface area (Å²) in [5.41, 5.74) is 3.92. The molecule has 1 atom stereocenters. The van der Waals surface area contributed by atoms with Crippen molar-refractivity contribution in [2.45, 2.75) is 12.3 Å². The van der Waals surface area contributed by atoms with Crippen molar-refractivity contribution in [2.75, 3.05) is 26.1 Å². The number of hydrogen-bond donors (Lipinski definition) is 1. The number of carbonyl (C=O) groups is 1. The number of anilines is 1. The first-order chi connectivity index (χ1) is 14.6. The number of fused-ring (bicyclic) bond motifs is 1. The second kappa shape index (κ2) is 8.52. The molecule has 1 aliphatic rings. The summed E-state index contributed by atoms with van der Waals surface area (Å²) in [5.74, 6) is 4.37. The summed E-state index contributed by atoms with van der Waals surface area (Å²) in [4.78, 5) is 13.7. The summed E-state index contributed by atoms with van der Waals surface area (Å²) in [7, 11) is 3.23. The lowest BCUT2D eigenvalue weighted by molar-refractivity contribution is -0.116. The number of methoxy groups -OCH3 is 2. The summed E-state index contributed by atoms with van der Waals surface area (Å²) in [6.07, 6.45) is 5.66. The van der Waals surface area contributed by atoms with Crippen LogP contribution in [-0.2, 0) is 4.79 Å². The highest BCUT2D eigenvalue weighted by Gasteiger charge is 2.31. The summed E-state index contributed by atoms with van der Waals surface area (Å²) in [6, 6.07) is 13.6. The molecule has 6 heteroatoms. The Balaban J connectivity index is 1.72. The molecule has 5 nitrogen and oxygen atoms in total. The van der Waals surface area contributed by atoms with E-state index in [1.807, 2.05) is 42.5 Å². The van der Waals surface area contributed by atoms with E-state index in [9.17, 15) is 4.79 Å². The van der Waals surface area contributed by atoms with Crippen molar-refractivity contribution < 1.29 is 19.0 Å². The van der Waals surface area contributed by atoms with Gasteiger partial charge in [-0.05, 0) is 35.4 Å². The van der Waals surface area contributed by atoms with E-state index in [1.54, 1.807) is 25.6 Å². The minimum atomic E-state index is -0.0543. The van der Waals surface area contributed by atoms with E-state index in [1.165, 1.54) is 0 Å². The van der Waals surface area contributed by atoms with Gasteiger partial charge in [0.15, 0.2) is 11.5 Å². The van der Waals surface area contributed by atoms with Gasteiger partial charge in [0.25, 0.3) is 0 Å². The zero-order valence-electron chi connectivity index (χ0n) is 16.7. The van der Waals surface area contributed by atoms with E-state index in [2.05, 4.69) is 16.6 Å². The predicted molar refractivity (Wildman–Crippen MR) is 119 cm³/mol. The smallest absolute Gasteiger partial charge is 0.225 e. The largest absolute Gasteiger partial charge is 0.497 e. The number of hydrogen-bond acceptors (Lipinski definition) is 5. The molecule has 0 saturated heterocycles. The van der Waals surface area contributed by atoms with E-state index in [0.717, 1.165) is 33.0 Å². The van der Waals surface area contributed by atoms with E-state index < -0.39 is 0 Å². The number of amides is 1. The van der Waals surface area contributed by atoms with Crippen molar-refractivity contribution in [2.24, 2.45) is 0 Å². The van der Waals surface area contributed by atoms with E-state index in [4.69, 9.17) is 20.6 Å². The second-order valence-corrected chi connectivity index (χ2v) is 7.74. The van der Waals surface area contributed by atoms with Gasteiger partial charge in [-0.25, -0.2) is 0 Å². The lowest BCUT2D eigenvalue weighted by Gasteiger charge is -2.24. The maximum atomic E-state index is 12.5. The fourth-order valence-corrected chi connectivity index (χ4v) is 4.78. The minimum absolute atomic E-state index is 0.00714. The van der Waals surface area contributed by atoms with Crippen LogP contribution in [0.4, 0.5) is 5.69 Å². The van der Waals surface area contributed by atoms with Crippen molar-refractivity contribution in [1.82, 2.24) is 0 Å². The normalized spacial score (nSPS) is 15.0.